The molecule has 15 heavy (non-hydrogen) atoms. The van der Waals surface area contributed by atoms with Gasteiger partial charge in [-0.3, -0.25) is 4.79 Å². The van der Waals surface area contributed by atoms with Crippen molar-refractivity contribution in [1.82, 2.24) is 0 Å². The molecule has 1 N–H and O–H groups in total. The zero-order chi connectivity index (χ0) is 11.6. The molecule has 0 bridgehead atoms. The summed E-state index contributed by atoms with van der Waals surface area (Å²) in [6.07, 6.45) is 0. The molecule has 0 aliphatic carbocycles. The SMILES string of the molecule is O=C(O)[C@H](Cl)[C@H](Cl)c1ccc(Cl)cc1Cl. The highest BCUT2D eigenvalue weighted by atomic mass is 35.5. The molecule has 0 saturated carbocycles. The van der Waals surface area contributed by atoms with Gasteiger partial charge in [-0.2, -0.15) is 0 Å². The van der Waals surface area contributed by atoms with Crippen LogP contribution < -0.4 is 0 Å². The molecule has 0 aliphatic heterocycles. The van der Waals surface area contributed by atoms with Gasteiger partial charge in [-0.1, -0.05) is 29.3 Å². The number of hydrogen-bond acceptors (Lipinski definition) is 1. The Morgan fingerprint density at radius 3 is 2.33 bits per heavy atom. The molecule has 2 atom stereocenters. The summed E-state index contributed by atoms with van der Waals surface area (Å²) >= 11 is 23.0. The summed E-state index contributed by atoms with van der Waals surface area (Å²) < 4.78 is 0. The number of benzene rings is 1. The van der Waals surface area contributed by atoms with Gasteiger partial charge in [0.25, 0.3) is 0 Å². The van der Waals surface area contributed by atoms with Crippen molar-refractivity contribution in [2.24, 2.45) is 0 Å². The largest absolute Gasteiger partial charge is 0.480 e. The first-order valence-electron chi connectivity index (χ1n) is 3.89. The van der Waals surface area contributed by atoms with E-state index in [9.17, 15) is 4.79 Å². The standard InChI is InChI=1S/C9H6Cl4O2/c10-4-1-2-5(6(11)3-4)7(12)8(13)9(14)15/h1-3,7-8H,(H,14,15)/t7-,8-/m1/s1. The Bertz CT molecular complexity index is 380. The number of carboxylic acid groups (broad SMARTS) is 1. The summed E-state index contributed by atoms with van der Waals surface area (Å²) in [5, 5.41) is 7.30. The summed E-state index contributed by atoms with van der Waals surface area (Å²) in [5.41, 5.74) is 0.449. The van der Waals surface area contributed by atoms with Crippen molar-refractivity contribution < 1.29 is 9.90 Å². The molecule has 0 unspecified atom stereocenters. The lowest BCUT2D eigenvalue weighted by molar-refractivity contribution is -0.136. The third kappa shape index (κ3) is 3.15. The zero-order valence-corrected chi connectivity index (χ0v) is 10.3. The van der Waals surface area contributed by atoms with Gasteiger partial charge in [0.1, 0.15) is 0 Å². The number of alkyl halides is 2. The Balaban J connectivity index is 3.01. The molecule has 0 fully saturated rings. The molecule has 0 heterocycles. The number of aliphatic carboxylic acids is 1. The van der Waals surface area contributed by atoms with Crippen LogP contribution in [0, 0.1) is 0 Å². The molecule has 1 aromatic rings. The van der Waals surface area contributed by atoms with Crippen molar-refractivity contribution in [1.29, 1.82) is 0 Å². The van der Waals surface area contributed by atoms with Crippen LogP contribution in [0.15, 0.2) is 18.2 Å². The van der Waals surface area contributed by atoms with E-state index in [1.165, 1.54) is 6.07 Å². The maximum absolute atomic E-state index is 10.6. The van der Waals surface area contributed by atoms with Crippen LogP contribution in [0.5, 0.6) is 0 Å². The molecule has 0 spiro atoms. The van der Waals surface area contributed by atoms with Gasteiger partial charge in [-0.15, -0.1) is 23.2 Å². The van der Waals surface area contributed by atoms with E-state index in [1.807, 2.05) is 0 Å². The summed E-state index contributed by atoms with van der Waals surface area (Å²) in [7, 11) is 0. The summed E-state index contributed by atoms with van der Waals surface area (Å²) in [6.45, 7) is 0. The Kier molecular flexibility index (Phi) is 4.53. The van der Waals surface area contributed by atoms with Gasteiger partial charge in [0.05, 0.1) is 5.38 Å². The first-order chi connectivity index (χ1) is 6.93. The van der Waals surface area contributed by atoms with E-state index in [1.54, 1.807) is 12.1 Å². The van der Waals surface area contributed by atoms with Gasteiger partial charge >= 0.3 is 5.97 Å². The quantitative estimate of drug-likeness (QED) is 0.854. The highest BCUT2D eigenvalue weighted by Gasteiger charge is 2.27. The van der Waals surface area contributed by atoms with Crippen LogP contribution in [0.25, 0.3) is 0 Å². The van der Waals surface area contributed by atoms with Crippen LogP contribution >= 0.6 is 46.4 Å². The van der Waals surface area contributed by atoms with Crippen LogP contribution in [0.4, 0.5) is 0 Å². The second kappa shape index (κ2) is 5.26. The van der Waals surface area contributed by atoms with E-state index in [0.717, 1.165) is 0 Å². The molecule has 0 aliphatic rings. The predicted molar refractivity (Wildman–Crippen MR) is 62.3 cm³/mol. The van der Waals surface area contributed by atoms with E-state index in [0.29, 0.717) is 15.6 Å². The van der Waals surface area contributed by atoms with Crippen molar-refractivity contribution in [3.8, 4) is 0 Å². The predicted octanol–water partition coefficient (Wildman–Crippen LogP) is 3.97. The van der Waals surface area contributed by atoms with Gasteiger partial charge in [-0.25, -0.2) is 0 Å². The summed E-state index contributed by atoms with van der Waals surface area (Å²) in [6, 6.07) is 4.61. The van der Waals surface area contributed by atoms with E-state index >= 15 is 0 Å². The number of carboxylic acids is 1. The number of carbonyl (C=O) groups is 1. The Morgan fingerprint density at radius 2 is 1.87 bits per heavy atom. The molecule has 82 valence electrons. The summed E-state index contributed by atoms with van der Waals surface area (Å²) in [5.74, 6) is -1.19. The van der Waals surface area contributed by atoms with E-state index in [4.69, 9.17) is 51.5 Å². The Labute approximate surface area is 107 Å². The molecule has 2 nitrogen and oxygen atoms in total. The third-order valence-electron chi connectivity index (χ3n) is 1.75. The van der Waals surface area contributed by atoms with Gasteiger partial charge in [0.2, 0.25) is 0 Å². The van der Waals surface area contributed by atoms with Crippen LogP contribution in [0.2, 0.25) is 10.0 Å². The van der Waals surface area contributed by atoms with Crippen molar-refractivity contribution in [2.75, 3.05) is 0 Å². The van der Waals surface area contributed by atoms with E-state index in [2.05, 4.69) is 0 Å². The topological polar surface area (TPSA) is 37.3 Å². The molecule has 0 radical (unpaired) electrons. The fourth-order valence-electron chi connectivity index (χ4n) is 1.01. The first-order valence-corrected chi connectivity index (χ1v) is 5.52. The van der Waals surface area contributed by atoms with Gasteiger partial charge in [0, 0.05) is 10.0 Å². The number of rotatable bonds is 3. The summed E-state index contributed by atoms with van der Waals surface area (Å²) in [4.78, 5) is 10.6. The zero-order valence-electron chi connectivity index (χ0n) is 7.25. The molecular weight excluding hydrogens is 282 g/mol. The molecule has 0 amide bonds. The Hall–Kier alpha value is -0.150. The minimum atomic E-state index is -1.23. The smallest absolute Gasteiger partial charge is 0.323 e. The van der Waals surface area contributed by atoms with E-state index in [-0.39, 0.29) is 0 Å². The van der Waals surface area contributed by atoms with Crippen LogP contribution in [-0.2, 0) is 4.79 Å². The lowest BCUT2D eigenvalue weighted by Gasteiger charge is -2.14. The molecule has 0 saturated heterocycles. The normalized spacial score (nSPS) is 14.7. The van der Waals surface area contributed by atoms with E-state index < -0.39 is 16.7 Å². The maximum atomic E-state index is 10.6. The second-order valence-corrected chi connectivity index (χ2v) is 4.59. The van der Waals surface area contributed by atoms with Crippen LogP contribution in [0.3, 0.4) is 0 Å². The van der Waals surface area contributed by atoms with Gasteiger partial charge in [-0.05, 0) is 17.7 Å². The number of hydrogen-bond donors (Lipinski definition) is 1. The average molecular weight is 288 g/mol. The Morgan fingerprint density at radius 1 is 1.27 bits per heavy atom. The molecule has 0 aromatic heterocycles. The van der Waals surface area contributed by atoms with Crippen molar-refractivity contribution in [3.63, 3.8) is 0 Å². The highest BCUT2D eigenvalue weighted by molar-refractivity contribution is 6.39. The fraction of sp³-hybridized carbons (Fsp3) is 0.222. The molecule has 1 rings (SSSR count). The third-order valence-corrected chi connectivity index (χ3v) is 3.37. The highest BCUT2D eigenvalue weighted by Crippen LogP contribution is 2.34. The lowest BCUT2D eigenvalue weighted by Crippen LogP contribution is -2.19. The molecular formula is C9H6Cl4O2. The minimum absolute atomic E-state index is 0.300. The lowest BCUT2D eigenvalue weighted by atomic mass is 10.1. The fourth-order valence-corrected chi connectivity index (χ4v) is 2.02. The molecule has 6 heteroatoms. The first kappa shape index (κ1) is 12.9. The maximum Gasteiger partial charge on any atom is 0.323 e. The number of halogens is 4. The van der Waals surface area contributed by atoms with Gasteiger partial charge < -0.3 is 5.11 Å². The second-order valence-electron chi connectivity index (χ2n) is 2.81. The monoisotopic (exact) mass is 286 g/mol. The van der Waals surface area contributed by atoms with Crippen LogP contribution in [-0.4, -0.2) is 16.5 Å². The van der Waals surface area contributed by atoms with Crippen molar-refractivity contribution in [3.05, 3.63) is 33.8 Å². The van der Waals surface area contributed by atoms with Crippen molar-refractivity contribution in [2.45, 2.75) is 10.8 Å². The average Bonchev–Trinajstić information content (AvgIpc) is 2.15. The minimum Gasteiger partial charge on any atom is -0.480 e. The van der Waals surface area contributed by atoms with Crippen molar-refractivity contribution >= 4 is 52.4 Å². The van der Waals surface area contributed by atoms with Crippen LogP contribution in [0.1, 0.15) is 10.9 Å². The van der Waals surface area contributed by atoms with Gasteiger partial charge in [0.15, 0.2) is 5.38 Å². The molecule has 1 aromatic carbocycles.